The van der Waals surface area contributed by atoms with Gasteiger partial charge in [-0.25, -0.2) is 9.97 Å². The summed E-state index contributed by atoms with van der Waals surface area (Å²) in [4.78, 5) is 26.7. The van der Waals surface area contributed by atoms with Gasteiger partial charge >= 0.3 is 0 Å². The standard InChI is InChI=1S/C22H22N4O2S3/c1-15-13-30-22(24-15)31-14-17-16-5-2-3-6-18(16)28-19(17)20(27)25-8-4-9-26(11-10-25)21-23-7-12-29-21/h2-3,5-7,12-13H,4,8-11,14H2,1H3. The first-order chi connectivity index (χ1) is 15.2. The summed E-state index contributed by atoms with van der Waals surface area (Å²) >= 11 is 4.93. The predicted octanol–water partition coefficient (Wildman–Crippen LogP) is 5.30. The third-order valence-corrected chi connectivity index (χ3v) is 8.30. The minimum atomic E-state index is -0.0249. The molecule has 0 spiro atoms. The first-order valence-corrected chi connectivity index (χ1v) is 12.9. The highest BCUT2D eigenvalue weighted by atomic mass is 32.2. The number of hydrogen-bond donors (Lipinski definition) is 0. The molecule has 0 N–H and O–H groups in total. The smallest absolute Gasteiger partial charge is 0.289 e. The fourth-order valence-electron chi connectivity index (χ4n) is 3.77. The number of benzene rings is 1. The summed E-state index contributed by atoms with van der Waals surface area (Å²) in [5.74, 6) is 1.09. The van der Waals surface area contributed by atoms with Gasteiger partial charge in [-0.05, 0) is 19.4 Å². The van der Waals surface area contributed by atoms with Crippen LogP contribution < -0.4 is 4.90 Å². The minimum Gasteiger partial charge on any atom is -0.451 e. The lowest BCUT2D eigenvalue weighted by molar-refractivity contribution is 0.0736. The van der Waals surface area contributed by atoms with Gasteiger partial charge in [0, 0.05) is 65.5 Å². The SMILES string of the molecule is Cc1csc(SCc2c(C(=O)N3CCCN(c4nccs4)CC3)oc3ccccc23)n1. The van der Waals surface area contributed by atoms with Gasteiger partial charge in [0.1, 0.15) is 9.92 Å². The van der Waals surface area contributed by atoms with Gasteiger partial charge in [0.25, 0.3) is 5.91 Å². The zero-order valence-corrected chi connectivity index (χ0v) is 19.6. The van der Waals surface area contributed by atoms with Crippen molar-refractivity contribution >= 4 is 56.4 Å². The zero-order valence-electron chi connectivity index (χ0n) is 17.1. The molecule has 0 unspecified atom stereocenters. The maximum atomic E-state index is 13.5. The van der Waals surface area contributed by atoms with Crippen molar-refractivity contribution in [3.63, 3.8) is 0 Å². The molecule has 3 aromatic heterocycles. The average Bonchev–Trinajstić information content (AvgIpc) is 3.49. The number of aromatic nitrogens is 2. The Morgan fingerprint density at radius 3 is 2.90 bits per heavy atom. The number of hydrogen-bond acceptors (Lipinski definition) is 8. The number of fused-ring (bicyclic) bond motifs is 1. The largest absolute Gasteiger partial charge is 0.451 e. The van der Waals surface area contributed by atoms with Crippen LogP contribution in [0.3, 0.4) is 0 Å². The summed E-state index contributed by atoms with van der Waals surface area (Å²) in [7, 11) is 0. The summed E-state index contributed by atoms with van der Waals surface area (Å²) in [6.07, 6.45) is 2.74. The molecular weight excluding hydrogens is 448 g/mol. The van der Waals surface area contributed by atoms with Gasteiger partial charge in [-0.3, -0.25) is 4.79 Å². The van der Waals surface area contributed by atoms with Crippen molar-refractivity contribution in [2.75, 3.05) is 31.1 Å². The molecule has 0 radical (unpaired) electrons. The van der Waals surface area contributed by atoms with E-state index < -0.39 is 0 Å². The molecule has 1 aliphatic rings. The number of aryl methyl sites for hydroxylation is 1. The van der Waals surface area contributed by atoms with Gasteiger partial charge in [-0.1, -0.05) is 30.0 Å². The van der Waals surface area contributed by atoms with E-state index in [4.69, 9.17) is 4.42 Å². The molecule has 1 aromatic carbocycles. The summed E-state index contributed by atoms with van der Waals surface area (Å²) in [6, 6.07) is 7.90. The molecule has 1 saturated heterocycles. The molecule has 1 amide bonds. The van der Waals surface area contributed by atoms with Crippen molar-refractivity contribution in [2.24, 2.45) is 0 Å². The molecule has 1 aliphatic heterocycles. The molecule has 0 saturated carbocycles. The zero-order chi connectivity index (χ0) is 21.2. The Bertz CT molecular complexity index is 1180. The number of furan rings is 1. The van der Waals surface area contributed by atoms with Crippen LogP contribution in [0.1, 0.15) is 28.2 Å². The van der Waals surface area contributed by atoms with Gasteiger partial charge < -0.3 is 14.2 Å². The molecule has 5 rings (SSSR count). The number of rotatable bonds is 5. The van der Waals surface area contributed by atoms with Gasteiger partial charge in [0.2, 0.25) is 0 Å². The van der Waals surface area contributed by atoms with Crippen LogP contribution in [0.25, 0.3) is 11.0 Å². The molecule has 0 atom stereocenters. The van der Waals surface area contributed by atoms with E-state index in [-0.39, 0.29) is 5.91 Å². The number of amides is 1. The van der Waals surface area contributed by atoms with Crippen molar-refractivity contribution < 1.29 is 9.21 Å². The normalized spacial score (nSPS) is 14.9. The van der Waals surface area contributed by atoms with Crippen molar-refractivity contribution in [3.05, 3.63) is 58.2 Å². The molecule has 160 valence electrons. The lowest BCUT2D eigenvalue weighted by atomic mass is 10.1. The fourth-order valence-corrected chi connectivity index (χ4v) is 6.35. The van der Waals surface area contributed by atoms with Gasteiger partial charge in [-0.2, -0.15) is 0 Å². The van der Waals surface area contributed by atoms with Gasteiger partial charge in [0.05, 0.1) is 0 Å². The first-order valence-electron chi connectivity index (χ1n) is 10.2. The molecule has 6 nitrogen and oxygen atoms in total. The summed E-state index contributed by atoms with van der Waals surface area (Å²) in [6.45, 7) is 5.06. The second-order valence-electron chi connectivity index (χ2n) is 7.40. The van der Waals surface area contributed by atoms with Crippen LogP contribution >= 0.6 is 34.4 Å². The highest BCUT2D eigenvalue weighted by molar-refractivity contribution is 8.00. The Morgan fingerprint density at radius 1 is 1.19 bits per heavy atom. The van der Waals surface area contributed by atoms with Crippen LogP contribution in [0, 0.1) is 6.92 Å². The first kappa shape index (κ1) is 20.5. The van der Waals surface area contributed by atoms with Crippen LogP contribution in [0.4, 0.5) is 5.13 Å². The van der Waals surface area contributed by atoms with E-state index in [1.807, 2.05) is 53.0 Å². The average molecular weight is 471 g/mol. The molecule has 1 fully saturated rings. The van der Waals surface area contributed by atoms with Crippen LogP contribution in [0.15, 0.2) is 50.0 Å². The summed E-state index contributed by atoms with van der Waals surface area (Å²) < 4.78 is 7.11. The molecule has 0 aliphatic carbocycles. The third-order valence-electron chi connectivity index (χ3n) is 5.30. The van der Waals surface area contributed by atoms with Gasteiger partial charge in [-0.15, -0.1) is 22.7 Å². The third kappa shape index (κ3) is 4.35. The second-order valence-corrected chi connectivity index (χ2v) is 10.4. The van der Waals surface area contributed by atoms with Crippen molar-refractivity contribution in [1.29, 1.82) is 0 Å². The van der Waals surface area contributed by atoms with Crippen molar-refractivity contribution in [2.45, 2.75) is 23.4 Å². The van der Waals surface area contributed by atoms with Crippen molar-refractivity contribution in [3.8, 4) is 0 Å². The highest BCUT2D eigenvalue weighted by Crippen LogP contribution is 2.34. The lowest BCUT2D eigenvalue weighted by Crippen LogP contribution is -2.35. The van der Waals surface area contributed by atoms with Crippen molar-refractivity contribution in [1.82, 2.24) is 14.9 Å². The molecule has 9 heteroatoms. The van der Waals surface area contributed by atoms with E-state index in [1.54, 1.807) is 34.4 Å². The number of nitrogens with zero attached hydrogens (tertiary/aromatic N) is 4. The summed E-state index contributed by atoms with van der Waals surface area (Å²) in [5, 5.41) is 6.07. The Morgan fingerprint density at radius 2 is 2.10 bits per heavy atom. The van der Waals surface area contributed by atoms with E-state index in [9.17, 15) is 4.79 Å². The molecule has 31 heavy (non-hydrogen) atoms. The minimum absolute atomic E-state index is 0.0249. The Hall–Kier alpha value is -2.36. The highest BCUT2D eigenvalue weighted by Gasteiger charge is 2.27. The van der Waals surface area contributed by atoms with Crippen LogP contribution in [0.5, 0.6) is 0 Å². The van der Waals surface area contributed by atoms with Crippen LogP contribution in [-0.2, 0) is 5.75 Å². The predicted molar refractivity (Wildman–Crippen MR) is 127 cm³/mol. The van der Waals surface area contributed by atoms with E-state index >= 15 is 0 Å². The van der Waals surface area contributed by atoms with E-state index in [2.05, 4.69) is 14.9 Å². The number of para-hydroxylation sites is 1. The maximum absolute atomic E-state index is 13.5. The quantitative estimate of drug-likeness (QED) is 0.369. The number of anilines is 1. The number of carbonyl (C=O) groups is 1. The van der Waals surface area contributed by atoms with Gasteiger partial charge in [0.15, 0.2) is 10.9 Å². The Labute approximate surface area is 192 Å². The molecule has 0 bridgehead atoms. The number of thiazole rings is 2. The lowest BCUT2D eigenvalue weighted by Gasteiger charge is -2.21. The monoisotopic (exact) mass is 470 g/mol. The Kier molecular flexibility index (Phi) is 5.97. The van der Waals surface area contributed by atoms with E-state index in [1.165, 1.54) is 0 Å². The van der Waals surface area contributed by atoms with E-state index in [0.29, 0.717) is 18.1 Å². The number of thioether (sulfide) groups is 1. The summed E-state index contributed by atoms with van der Waals surface area (Å²) in [5.41, 5.74) is 2.74. The maximum Gasteiger partial charge on any atom is 0.289 e. The Balaban J connectivity index is 1.39. The number of carbonyl (C=O) groups excluding carboxylic acids is 1. The molecule has 4 aromatic rings. The second kappa shape index (κ2) is 9.02. The van der Waals surface area contributed by atoms with E-state index in [0.717, 1.165) is 57.8 Å². The van der Waals surface area contributed by atoms with Crippen LogP contribution in [-0.4, -0.2) is 47.0 Å². The molecule has 4 heterocycles. The van der Waals surface area contributed by atoms with Crippen LogP contribution in [0.2, 0.25) is 0 Å². The molecular formula is C22H22N4O2S3. The fraction of sp³-hybridized carbons (Fsp3) is 0.318. The topological polar surface area (TPSA) is 62.5 Å².